The van der Waals surface area contributed by atoms with Gasteiger partial charge in [-0.3, -0.25) is 9.59 Å². The van der Waals surface area contributed by atoms with Crippen molar-refractivity contribution >= 4 is 69.8 Å². The number of aromatic nitrogens is 3. The summed E-state index contributed by atoms with van der Waals surface area (Å²) in [7, 11) is 0. The Morgan fingerprint density at radius 2 is 1.78 bits per heavy atom. The summed E-state index contributed by atoms with van der Waals surface area (Å²) in [6.07, 6.45) is 1.62. The summed E-state index contributed by atoms with van der Waals surface area (Å²) in [5.41, 5.74) is 1.05. The molecule has 3 aromatic rings. The second kappa shape index (κ2) is 11.4. The van der Waals surface area contributed by atoms with Crippen molar-refractivity contribution in [3.63, 3.8) is 0 Å². The molecule has 0 saturated carbocycles. The second-order valence-corrected chi connectivity index (χ2v) is 8.63. The van der Waals surface area contributed by atoms with Crippen LogP contribution in [0.25, 0.3) is 0 Å². The summed E-state index contributed by atoms with van der Waals surface area (Å²) in [5, 5.41) is 15.4. The fraction of sp³-hybridized carbons (Fsp3) is 0.143. The van der Waals surface area contributed by atoms with Gasteiger partial charge < -0.3 is 15.2 Å². The Morgan fingerprint density at radius 1 is 1.03 bits per heavy atom. The largest absolute Gasteiger partial charge is 0.325 e. The first-order valence-electron chi connectivity index (χ1n) is 9.32. The maximum absolute atomic E-state index is 12.5. The van der Waals surface area contributed by atoms with Crippen LogP contribution < -0.4 is 10.6 Å². The summed E-state index contributed by atoms with van der Waals surface area (Å²) < 4.78 is 1.73. The lowest BCUT2D eigenvalue weighted by Gasteiger charge is -2.10. The van der Waals surface area contributed by atoms with Gasteiger partial charge in [-0.05, 0) is 36.4 Å². The van der Waals surface area contributed by atoms with Gasteiger partial charge in [-0.2, -0.15) is 0 Å². The molecule has 2 N–H and O–H groups in total. The van der Waals surface area contributed by atoms with E-state index in [0.717, 1.165) is 0 Å². The van der Waals surface area contributed by atoms with E-state index in [9.17, 15) is 9.59 Å². The van der Waals surface area contributed by atoms with Crippen molar-refractivity contribution in [1.82, 2.24) is 14.8 Å². The topological polar surface area (TPSA) is 88.9 Å². The van der Waals surface area contributed by atoms with E-state index in [1.807, 2.05) is 0 Å². The van der Waals surface area contributed by atoms with Gasteiger partial charge in [0, 0.05) is 17.3 Å². The van der Waals surface area contributed by atoms with Crippen LogP contribution >= 0.6 is 46.6 Å². The van der Waals surface area contributed by atoms with Crippen molar-refractivity contribution in [2.75, 3.05) is 16.4 Å². The Hall–Kier alpha value is -2.52. The van der Waals surface area contributed by atoms with Crippen molar-refractivity contribution in [1.29, 1.82) is 0 Å². The number of thioether (sulfide) groups is 1. The Kier molecular flexibility index (Phi) is 8.58. The smallest absolute Gasteiger partial charge is 0.234 e. The van der Waals surface area contributed by atoms with Gasteiger partial charge >= 0.3 is 0 Å². The van der Waals surface area contributed by atoms with Gasteiger partial charge in [-0.25, -0.2) is 0 Å². The Bertz CT molecular complexity index is 1130. The highest BCUT2D eigenvalue weighted by Gasteiger charge is 2.17. The SMILES string of the molecule is C=CCn1c(CC(=O)Nc2cccc(Cl)c2Cl)nnc1SCC(=O)Nc1ccc(Cl)cc1. The van der Waals surface area contributed by atoms with Crippen LogP contribution in [0.15, 0.2) is 60.3 Å². The van der Waals surface area contributed by atoms with Crippen molar-refractivity contribution < 1.29 is 9.59 Å². The van der Waals surface area contributed by atoms with E-state index in [0.29, 0.717) is 38.9 Å². The molecule has 0 fully saturated rings. The van der Waals surface area contributed by atoms with E-state index in [1.54, 1.807) is 53.1 Å². The molecule has 0 atom stereocenters. The fourth-order valence-electron chi connectivity index (χ4n) is 2.67. The number of allylic oxidation sites excluding steroid dienone is 1. The molecule has 0 saturated heterocycles. The highest BCUT2D eigenvalue weighted by Crippen LogP contribution is 2.29. The van der Waals surface area contributed by atoms with Crippen molar-refractivity contribution in [3.05, 3.63) is 76.0 Å². The molecule has 2 amide bonds. The van der Waals surface area contributed by atoms with Crippen LogP contribution in [0.1, 0.15) is 5.82 Å². The number of carbonyl (C=O) groups is 2. The van der Waals surface area contributed by atoms with Crippen molar-refractivity contribution in [2.24, 2.45) is 0 Å². The zero-order valence-electron chi connectivity index (χ0n) is 16.6. The van der Waals surface area contributed by atoms with Crippen LogP contribution in [-0.4, -0.2) is 32.3 Å². The molecule has 0 spiro atoms. The number of benzene rings is 2. The molecule has 2 aromatic carbocycles. The highest BCUT2D eigenvalue weighted by molar-refractivity contribution is 7.99. The van der Waals surface area contributed by atoms with Crippen LogP contribution in [0.2, 0.25) is 15.1 Å². The van der Waals surface area contributed by atoms with E-state index in [4.69, 9.17) is 34.8 Å². The van der Waals surface area contributed by atoms with E-state index < -0.39 is 0 Å². The van der Waals surface area contributed by atoms with E-state index in [2.05, 4.69) is 27.4 Å². The molecule has 3 rings (SSSR count). The number of carbonyl (C=O) groups excluding carboxylic acids is 2. The number of hydrogen-bond acceptors (Lipinski definition) is 5. The van der Waals surface area contributed by atoms with Crippen molar-refractivity contribution in [2.45, 2.75) is 18.1 Å². The zero-order chi connectivity index (χ0) is 23.1. The Balaban J connectivity index is 1.63. The van der Waals surface area contributed by atoms with Crippen LogP contribution in [0.3, 0.4) is 0 Å². The normalized spacial score (nSPS) is 10.6. The predicted molar refractivity (Wildman–Crippen MR) is 130 cm³/mol. The van der Waals surface area contributed by atoms with Gasteiger partial charge in [0.15, 0.2) is 5.16 Å². The molecular weight excluding hydrogens is 493 g/mol. The minimum Gasteiger partial charge on any atom is -0.325 e. The Labute approximate surface area is 204 Å². The molecule has 0 radical (unpaired) electrons. The number of halogens is 3. The van der Waals surface area contributed by atoms with Crippen LogP contribution in [-0.2, 0) is 22.6 Å². The quantitative estimate of drug-likeness (QED) is 0.300. The number of nitrogens with one attached hydrogen (secondary N) is 2. The standard InChI is InChI=1S/C21H18Cl3N5O2S/c1-2-10-29-17(11-18(30)26-16-5-3-4-15(23)20(16)24)27-28-21(29)32-12-19(31)25-14-8-6-13(22)7-9-14/h2-9H,1,10-12H2,(H,25,31)(H,26,30). The maximum atomic E-state index is 12.5. The molecule has 0 aliphatic rings. The highest BCUT2D eigenvalue weighted by atomic mass is 35.5. The molecule has 11 heteroatoms. The third kappa shape index (κ3) is 6.49. The number of amides is 2. The average Bonchev–Trinajstić information content (AvgIpc) is 3.13. The molecule has 0 unspecified atom stereocenters. The molecule has 0 aliphatic carbocycles. The van der Waals surface area contributed by atoms with E-state index in [-0.39, 0.29) is 29.0 Å². The lowest BCUT2D eigenvalue weighted by Crippen LogP contribution is -2.18. The number of nitrogens with zero attached hydrogens (tertiary/aromatic N) is 3. The number of anilines is 2. The van der Waals surface area contributed by atoms with Gasteiger partial charge in [-0.1, -0.05) is 58.7 Å². The summed E-state index contributed by atoms with van der Waals surface area (Å²) in [5.74, 6) is 0.00724. The molecular formula is C21H18Cl3N5O2S. The van der Waals surface area contributed by atoms with Crippen LogP contribution in [0.5, 0.6) is 0 Å². The summed E-state index contributed by atoms with van der Waals surface area (Å²) >= 11 is 19.2. The first-order valence-corrected chi connectivity index (χ1v) is 11.4. The number of hydrogen-bond donors (Lipinski definition) is 2. The maximum Gasteiger partial charge on any atom is 0.234 e. The van der Waals surface area contributed by atoms with Gasteiger partial charge in [0.25, 0.3) is 0 Å². The first-order chi connectivity index (χ1) is 15.4. The molecule has 166 valence electrons. The molecule has 0 bridgehead atoms. The molecule has 1 heterocycles. The molecule has 0 aliphatic heterocycles. The van der Waals surface area contributed by atoms with Gasteiger partial charge in [0.05, 0.1) is 27.9 Å². The first kappa shape index (κ1) is 24.1. The minimum absolute atomic E-state index is 0.0405. The van der Waals surface area contributed by atoms with Crippen molar-refractivity contribution in [3.8, 4) is 0 Å². The monoisotopic (exact) mass is 509 g/mol. The second-order valence-electron chi connectivity index (χ2n) is 6.47. The summed E-state index contributed by atoms with van der Waals surface area (Å²) in [4.78, 5) is 24.8. The lowest BCUT2D eigenvalue weighted by atomic mass is 10.3. The summed E-state index contributed by atoms with van der Waals surface area (Å²) in [6.45, 7) is 4.12. The zero-order valence-corrected chi connectivity index (χ0v) is 19.7. The molecule has 32 heavy (non-hydrogen) atoms. The number of rotatable bonds is 9. The van der Waals surface area contributed by atoms with Gasteiger partial charge in [0.2, 0.25) is 11.8 Å². The third-order valence-corrected chi connectivity index (χ3v) is 6.15. The molecule has 1 aromatic heterocycles. The Morgan fingerprint density at radius 3 is 2.50 bits per heavy atom. The van der Waals surface area contributed by atoms with Crippen LogP contribution in [0, 0.1) is 0 Å². The van der Waals surface area contributed by atoms with Gasteiger partial charge in [-0.15, -0.1) is 16.8 Å². The van der Waals surface area contributed by atoms with E-state index >= 15 is 0 Å². The lowest BCUT2D eigenvalue weighted by molar-refractivity contribution is -0.116. The van der Waals surface area contributed by atoms with Gasteiger partial charge in [0.1, 0.15) is 5.82 Å². The fourth-order valence-corrected chi connectivity index (χ4v) is 3.91. The van der Waals surface area contributed by atoms with Crippen LogP contribution in [0.4, 0.5) is 11.4 Å². The third-order valence-electron chi connectivity index (χ3n) is 4.11. The predicted octanol–water partition coefficient (Wildman–Crippen LogP) is 5.34. The minimum atomic E-state index is -0.330. The van der Waals surface area contributed by atoms with E-state index in [1.165, 1.54) is 11.8 Å². The molecule has 7 nitrogen and oxygen atoms in total. The average molecular weight is 511 g/mol. The summed E-state index contributed by atoms with van der Waals surface area (Å²) in [6, 6.07) is 11.8.